The van der Waals surface area contributed by atoms with Crippen molar-refractivity contribution < 1.29 is 4.39 Å². The molecule has 0 bridgehead atoms. The normalized spacial score (nSPS) is 17.3. The average Bonchev–Trinajstić information content (AvgIpc) is 2.74. The molecule has 0 saturated heterocycles. The maximum Gasteiger partial charge on any atom is 0.173 e. The van der Waals surface area contributed by atoms with Crippen molar-refractivity contribution in [1.82, 2.24) is 9.78 Å². The number of aromatic nitrogens is 2. The molecule has 1 radical (unpaired) electrons. The summed E-state index contributed by atoms with van der Waals surface area (Å²) in [5, 5.41) is 3.81. The zero-order chi connectivity index (χ0) is 7.84. The van der Waals surface area contributed by atoms with E-state index in [1.54, 1.807) is 11.6 Å². The Morgan fingerprint density at radius 1 is 1.73 bits per heavy atom. The van der Waals surface area contributed by atoms with E-state index in [-0.39, 0.29) is 5.82 Å². The molecule has 0 unspecified atom stereocenters. The van der Waals surface area contributed by atoms with Crippen LogP contribution in [0.5, 0.6) is 0 Å². The summed E-state index contributed by atoms with van der Waals surface area (Å²) in [5.74, 6) is 0.423. The first-order chi connectivity index (χ1) is 5.27. The van der Waals surface area contributed by atoms with Gasteiger partial charge in [-0.1, -0.05) is 0 Å². The van der Waals surface area contributed by atoms with Gasteiger partial charge in [0, 0.05) is 6.54 Å². The lowest BCUT2D eigenvalue weighted by Gasteiger charge is -2.00. The van der Waals surface area contributed by atoms with Crippen molar-refractivity contribution in [2.45, 2.75) is 26.3 Å². The van der Waals surface area contributed by atoms with Gasteiger partial charge in [0.05, 0.1) is 5.69 Å². The number of hydrogen-bond donors (Lipinski definition) is 0. The Morgan fingerprint density at radius 3 is 2.91 bits per heavy atom. The Bertz CT molecular complexity index is 263. The lowest BCUT2D eigenvalue weighted by atomic mass is 10.4. The van der Waals surface area contributed by atoms with E-state index in [0.29, 0.717) is 5.69 Å². The minimum Gasteiger partial charge on any atom is -0.266 e. The molecular formula is C8H10FN2. The van der Waals surface area contributed by atoms with Crippen LogP contribution in [0.15, 0.2) is 0 Å². The van der Waals surface area contributed by atoms with Gasteiger partial charge in [-0.05, 0) is 25.7 Å². The van der Waals surface area contributed by atoms with Gasteiger partial charge < -0.3 is 0 Å². The molecule has 1 fully saturated rings. The molecule has 59 valence electrons. The van der Waals surface area contributed by atoms with E-state index < -0.39 is 0 Å². The summed E-state index contributed by atoms with van der Waals surface area (Å²) in [5.41, 5.74) is 0.608. The van der Waals surface area contributed by atoms with Crippen LogP contribution >= 0.6 is 0 Å². The Morgan fingerprint density at radius 2 is 2.45 bits per heavy atom. The zero-order valence-corrected chi connectivity index (χ0v) is 6.47. The molecule has 0 atom stereocenters. The third-order valence-electron chi connectivity index (χ3n) is 2.10. The molecule has 1 aromatic heterocycles. The third-order valence-corrected chi connectivity index (χ3v) is 2.10. The second-order valence-corrected chi connectivity index (χ2v) is 3.14. The lowest BCUT2D eigenvalue weighted by molar-refractivity contribution is 0.538. The molecule has 0 aromatic carbocycles. The molecule has 1 aliphatic rings. The van der Waals surface area contributed by atoms with Gasteiger partial charge in [0.1, 0.15) is 0 Å². The van der Waals surface area contributed by atoms with Gasteiger partial charge in [-0.15, -0.1) is 0 Å². The fourth-order valence-electron chi connectivity index (χ4n) is 1.10. The smallest absolute Gasteiger partial charge is 0.173 e. The maximum atomic E-state index is 12.7. The van der Waals surface area contributed by atoms with Crippen molar-refractivity contribution in [3.05, 3.63) is 17.7 Å². The van der Waals surface area contributed by atoms with E-state index in [1.165, 1.54) is 12.8 Å². The molecular weight excluding hydrogens is 143 g/mol. The van der Waals surface area contributed by atoms with Crippen LogP contribution in [-0.4, -0.2) is 9.78 Å². The fraction of sp³-hybridized carbons (Fsp3) is 0.625. The van der Waals surface area contributed by atoms with Crippen molar-refractivity contribution in [2.75, 3.05) is 0 Å². The summed E-state index contributed by atoms with van der Waals surface area (Å²) < 4.78 is 14.4. The molecule has 11 heavy (non-hydrogen) atoms. The third kappa shape index (κ3) is 1.27. The van der Waals surface area contributed by atoms with E-state index >= 15 is 0 Å². The van der Waals surface area contributed by atoms with Gasteiger partial charge >= 0.3 is 0 Å². The summed E-state index contributed by atoms with van der Waals surface area (Å²) in [7, 11) is 0. The van der Waals surface area contributed by atoms with Crippen LogP contribution in [0.1, 0.15) is 18.5 Å². The monoisotopic (exact) mass is 153 g/mol. The predicted molar refractivity (Wildman–Crippen MR) is 38.5 cm³/mol. The Balaban J connectivity index is 2.15. The zero-order valence-electron chi connectivity index (χ0n) is 6.47. The SMILES string of the molecule is Cc1c(F)[c]nn1CC1CC1. The first-order valence-electron chi connectivity index (χ1n) is 3.88. The van der Waals surface area contributed by atoms with Crippen molar-refractivity contribution in [1.29, 1.82) is 0 Å². The summed E-state index contributed by atoms with van der Waals surface area (Å²) in [4.78, 5) is 0. The van der Waals surface area contributed by atoms with Gasteiger partial charge in [-0.2, -0.15) is 5.10 Å². The van der Waals surface area contributed by atoms with Crippen LogP contribution in [0, 0.1) is 24.9 Å². The van der Waals surface area contributed by atoms with Crippen LogP contribution in [0.2, 0.25) is 0 Å². The second-order valence-electron chi connectivity index (χ2n) is 3.14. The van der Waals surface area contributed by atoms with Crippen LogP contribution < -0.4 is 0 Å². The van der Waals surface area contributed by atoms with Crippen molar-refractivity contribution in [3.63, 3.8) is 0 Å². The molecule has 3 heteroatoms. The molecule has 1 heterocycles. The summed E-state index contributed by atoms with van der Waals surface area (Å²) in [6, 6.07) is 0. The molecule has 1 saturated carbocycles. The minimum absolute atomic E-state index is 0.314. The van der Waals surface area contributed by atoms with Crippen molar-refractivity contribution in [2.24, 2.45) is 5.92 Å². The van der Waals surface area contributed by atoms with E-state index in [4.69, 9.17) is 0 Å². The molecule has 1 aromatic rings. The first kappa shape index (κ1) is 6.83. The molecule has 1 aliphatic carbocycles. The van der Waals surface area contributed by atoms with Crippen LogP contribution in [0.4, 0.5) is 4.39 Å². The van der Waals surface area contributed by atoms with Gasteiger partial charge in [0.15, 0.2) is 12.0 Å². The summed E-state index contributed by atoms with van der Waals surface area (Å²) >= 11 is 0. The quantitative estimate of drug-likeness (QED) is 0.630. The highest BCUT2D eigenvalue weighted by atomic mass is 19.1. The van der Waals surface area contributed by atoms with Crippen LogP contribution in [-0.2, 0) is 6.54 Å². The number of hydrogen-bond acceptors (Lipinski definition) is 1. The Labute approximate surface area is 65.0 Å². The molecule has 0 spiro atoms. The molecule has 0 amide bonds. The summed E-state index contributed by atoms with van der Waals surface area (Å²) in [6.07, 6.45) is 4.85. The predicted octanol–water partition coefficient (Wildman–Crippen LogP) is 1.54. The van der Waals surface area contributed by atoms with E-state index in [0.717, 1.165) is 12.5 Å². The largest absolute Gasteiger partial charge is 0.266 e. The minimum atomic E-state index is -0.314. The van der Waals surface area contributed by atoms with E-state index in [1.807, 2.05) is 0 Å². The fourth-order valence-corrected chi connectivity index (χ4v) is 1.10. The van der Waals surface area contributed by atoms with Gasteiger partial charge in [0.2, 0.25) is 0 Å². The van der Waals surface area contributed by atoms with E-state index in [2.05, 4.69) is 11.3 Å². The Hall–Kier alpha value is -0.860. The maximum absolute atomic E-state index is 12.7. The topological polar surface area (TPSA) is 17.8 Å². The lowest BCUT2D eigenvalue weighted by Crippen LogP contribution is -2.03. The van der Waals surface area contributed by atoms with Gasteiger partial charge in [0.25, 0.3) is 0 Å². The highest BCUT2D eigenvalue weighted by Gasteiger charge is 2.23. The highest BCUT2D eigenvalue weighted by molar-refractivity contribution is 5.00. The van der Waals surface area contributed by atoms with Crippen LogP contribution in [0.3, 0.4) is 0 Å². The van der Waals surface area contributed by atoms with Crippen molar-refractivity contribution >= 4 is 0 Å². The standard InChI is InChI=1S/C8H10FN2/c1-6-8(9)4-10-11(6)5-7-2-3-7/h7H,2-3,5H2,1H3. The molecule has 2 nitrogen and oxygen atoms in total. The second kappa shape index (κ2) is 2.32. The van der Waals surface area contributed by atoms with E-state index in [9.17, 15) is 4.39 Å². The highest BCUT2D eigenvalue weighted by Crippen LogP contribution is 2.30. The molecule has 0 N–H and O–H groups in total. The van der Waals surface area contributed by atoms with Gasteiger partial charge in [-0.3, -0.25) is 4.68 Å². The van der Waals surface area contributed by atoms with Gasteiger partial charge in [-0.25, -0.2) is 4.39 Å². The average molecular weight is 153 g/mol. The Kier molecular flexibility index (Phi) is 1.44. The molecule has 2 rings (SSSR count). The number of rotatable bonds is 2. The van der Waals surface area contributed by atoms with Crippen LogP contribution in [0.25, 0.3) is 0 Å². The molecule has 0 aliphatic heterocycles. The number of nitrogens with zero attached hydrogens (tertiary/aromatic N) is 2. The van der Waals surface area contributed by atoms with Crippen molar-refractivity contribution in [3.8, 4) is 0 Å². The number of halogens is 1. The summed E-state index contributed by atoms with van der Waals surface area (Å²) in [6.45, 7) is 2.60. The first-order valence-corrected chi connectivity index (χ1v) is 3.88.